The number of carbonyl (C=O) groups is 1. The number of hydrogen-bond donors (Lipinski definition) is 2. The smallest absolute Gasteiger partial charge is 0.258 e. The average molecular weight is 284 g/mol. The van der Waals surface area contributed by atoms with Crippen molar-refractivity contribution < 1.29 is 9.53 Å². The molecule has 0 aromatic heterocycles. The number of methoxy groups -OCH3 is 1. The number of aryl methyl sites for hydroxylation is 1. The summed E-state index contributed by atoms with van der Waals surface area (Å²) < 4.78 is 5.10. The van der Waals surface area contributed by atoms with Gasteiger partial charge in [0, 0.05) is 18.5 Å². The Morgan fingerprint density at radius 2 is 1.95 bits per heavy atom. The number of amides is 1. The minimum atomic E-state index is -0.185. The Morgan fingerprint density at radius 3 is 2.67 bits per heavy atom. The normalized spacial score (nSPS) is 10.4. The van der Waals surface area contributed by atoms with Gasteiger partial charge >= 0.3 is 0 Å². The number of benzene rings is 2. The Bertz CT molecular complexity index is 618. The number of nitrogen functional groups attached to an aromatic ring is 1. The third-order valence-electron chi connectivity index (χ3n) is 3.37. The van der Waals surface area contributed by atoms with Crippen LogP contribution in [-0.2, 0) is 11.2 Å². The average Bonchev–Trinajstić information content (AvgIpc) is 2.46. The van der Waals surface area contributed by atoms with Crippen LogP contribution in [0.15, 0.2) is 42.5 Å². The van der Waals surface area contributed by atoms with Crippen molar-refractivity contribution in [1.82, 2.24) is 0 Å². The van der Waals surface area contributed by atoms with Crippen LogP contribution in [0.3, 0.4) is 0 Å². The maximum absolute atomic E-state index is 12.5. The molecule has 0 saturated heterocycles. The molecule has 0 fully saturated rings. The third-order valence-corrected chi connectivity index (χ3v) is 3.37. The van der Waals surface area contributed by atoms with Crippen LogP contribution < -0.4 is 11.1 Å². The molecule has 3 N–H and O–H groups in total. The molecule has 0 spiro atoms. The Balaban J connectivity index is 2.24. The number of carbonyl (C=O) groups excluding carboxylic acids is 1. The molecule has 2 rings (SSSR count). The van der Waals surface area contributed by atoms with Gasteiger partial charge in [0.05, 0.1) is 12.2 Å². The first-order valence-electron chi connectivity index (χ1n) is 6.86. The van der Waals surface area contributed by atoms with Gasteiger partial charge < -0.3 is 15.8 Å². The van der Waals surface area contributed by atoms with Crippen molar-refractivity contribution >= 4 is 17.3 Å². The predicted molar refractivity (Wildman–Crippen MR) is 85.6 cm³/mol. The van der Waals surface area contributed by atoms with Gasteiger partial charge in [0.25, 0.3) is 5.91 Å². The lowest BCUT2D eigenvalue weighted by molar-refractivity contribution is 0.102. The highest BCUT2D eigenvalue weighted by atomic mass is 16.5. The summed E-state index contributed by atoms with van der Waals surface area (Å²) in [7, 11) is 1.66. The molecule has 0 aliphatic heterocycles. The van der Waals surface area contributed by atoms with Gasteiger partial charge in [-0.2, -0.15) is 0 Å². The van der Waals surface area contributed by atoms with Crippen LogP contribution in [0.1, 0.15) is 21.5 Å². The van der Waals surface area contributed by atoms with Gasteiger partial charge in [-0.25, -0.2) is 0 Å². The molecule has 0 unspecified atom stereocenters. The van der Waals surface area contributed by atoms with Gasteiger partial charge in [-0.15, -0.1) is 0 Å². The van der Waals surface area contributed by atoms with E-state index in [9.17, 15) is 4.79 Å². The Hall–Kier alpha value is -2.33. The molecule has 1 amide bonds. The second-order valence-corrected chi connectivity index (χ2v) is 4.89. The topological polar surface area (TPSA) is 64.3 Å². The molecule has 0 atom stereocenters. The molecule has 4 heteroatoms. The molecule has 0 bridgehead atoms. The minimum absolute atomic E-state index is 0.185. The van der Waals surface area contributed by atoms with Gasteiger partial charge in [0.2, 0.25) is 0 Å². The van der Waals surface area contributed by atoms with Crippen molar-refractivity contribution in [1.29, 1.82) is 0 Å². The quantitative estimate of drug-likeness (QED) is 0.829. The third kappa shape index (κ3) is 3.61. The van der Waals surface area contributed by atoms with Gasteiger partial charge in [-0.05, 0) is 36.6 Å². The van der Waals surface area contributed by atoms with E-state index in [0.717, 1.165) is 23.2 Å². The van der Waals surface area contributed by atoms with Crippen LogP contribution in [0.4, 0.5) is 11.4 Å². The highest BCUT2D eigenvalue weighted by Crippen LogP contribution is 2.21. The summed E-state index contributed by atoms with van der Waals surface area (Å²) in [4.78, 5) is 12.5. The fraction of sp³-hybridized carbons (Fsp3) is 0.235. The van der Waals surface area contributed by atoms with Gasteiger partial charge in [-0.1, -0.05) is 30.3 Å². The fourth-order valence-electron chi connectivity index (χ4n) is 2.26. The highest BCUT2D eigenvalue weighted by Gasteiger charge is 2.14. The summed E-state index contributed by atoms with van der Waals surface area (Å²) in [5.41, 5.74) is 9.63. The molecular weight excluding hydrogens is 264 g/mol. The lowest BCUT2D eigenvalue weighted by Gasteiger charge is -2.13. The molecule has 2 aromatic rings. The van der Waals surface area contributed by atoms with Crippen LogP contribution in [0, 0.1) is 6.92 Å². The van der Waals surface area contributed by atoms with E-state index in [-0.39, 0.29) is 5.91 Å². The summed E-state index contributed by atoms with van der Waals surface area (Å²) in [6.07, 6.45) is 0.746. The zero-order chi connectivity index (χ0) is 15.2. The van der Waals surface area contributed by atoms with E-state index in [2.05, 4.69) is 5.32 Å². The number of ether oxygens (including phenoxy) is 1. The summed E-state index contributed by atoms with van der Waals surface area (Å²) in [5.74, 6) is -0.185. The lowest BCUT2D eigenvalue weighted by Crippen LogP contribution is -2.16. The first-order chi connectivity index (χ1) is 10.1. The summed E-state index contributed by atoms with van der Waals surface area (Å²) in [6, 6.07) is 13.2. The largest absolute Gasteiger partial charge is 0.398 e. The van der Waals surface area contributed by atoms with Crippen molar-refractivity contribution in [3.05, 3.63) is 59.2 Å². The SMILES string of the molecule is COCCc1ccccc1NC(=O)c1c(C)cccc1N. The highest BCUT2D eigenvalue weighted by molar-refractivity contribution is 6.09. The van der Waals surface area contributed by atoms with E-state index in [4.69, 9.17) is 10.5 Å². The van der Waals surface area contributed by atoms with Crippen molar-refractivity contribution in [3.63, 3.8) is 0 Å². The number of para-hydroxylation sites is 1. The Kier molecular flexibility index (Phi) is 4.95. The van der Waals surface area contributed by atoms with Crippen LogP contribution >= 0.6 is 0 Å². The molecule has 0 heterocycles. The molecule has 0 saturated carbocycles. The molecule has 2 aromatic carbocycles. The zero-order valence-electron chi connectivity index (χ0n) is 12.3. The van der Waals surface area contributed by atoms with E-state index in [1.807, 2.05) is 43.3 Å². The molecule has 110 valence electrons. The maximum Gasteiger partial charge on any atom is 0.258 e. The molecule has 0 aliphatic carbocycles. The number of rotatable bonds is 5. The van der Waals surface area contributed by atoms with Crippen LogP contribution in [0.25, 0.3) is 0 Å². The van der Waals surface area contributed by atoms with Crippen LogP contribution in [-0.4, -0.2) is 19.6 Å². The van der Waals surface area contributed by atoms with Gasteiger partial charge in [-0.3, -0.25) is 4.79 Å². The van der Waals surface area contributed by atoms with Crippen LogP contribution in [0.5, 0.6) is 0 Å². The second-order valence-electron chi connectivity index (χ2n) is 4.89. The minimum Gasteiger partial charge on any atom is -0.398 e. The van der Waals surface area contributed by atoms with Gasteiger partial charge in [0.15, 0.2) is 0 Å². The van der Waals surface area contributed by atoms with Crippen molar-refractivity contribution in [2.24, 2.45) is 0 Å². The number of nitrogens with two attached hydrogens (primary N) is 1. The van der Waals surface area contributed by atoms with E-state index in [1.54, 1.807) is 13.2 Å². The summed E-state index contributed by atoms with van der Waals surface area (Å²) >= 11 is 0. The van der Waals surface area contributed by atoms with E-state index >= 15 is 0 Å². The number of nitrogens with one attached hydrogen (secondary N) is 1. The Morgan fingerprint density at radius 1 is 1.19 bits per heavy atom. The van der Waals surface area contributed by atoms with Crippen molar-refractivity contribution in [3.8, 4) is 0 Å². The standard InChI is InChI=1S/C17H20N2O2/c1-12-6-5-8-14(18)16(12)17(20)19-15-9-4-3-7-13(15)10-11-21-2/h3-9H,10-11,18H2,1-2H3,(H,19,20). The molecule has 4 nitrogen and oxygen atoms in total. The van der Waals surface area contributed by atoms with Crippen molar-refractivity contribution in [2.75, 3.05) is 24.8 Å². The van der Waals surface area contributed by atoms with Gasteiger partial charge in [0.1, 0.15) is 0 Å². The Labute approximate surface area is 124 Å². The van der Waals surface area contributed by atoms with E-state index in [1.165, 1.54) is 0 Å². The lowest BCUT2D eigenvalue weighted by atomic mass is 10.0. The van der Waals surface area contributed by atoms with Crippen LogP contribution in [0.2, 0.25) is 0 Å². The zero-order valence-corrected chi connectivity index (χ0v) is 12.3. The molecule has 21 heavy (non-hydrogen) atoms. The van der Waals surface area contributed by atoms with E-state index in [0.29, 0.717) is 17.9 Å². The first-order valence-corrected chi connectivity index (χ1v) is 6.86. The fourth-order valence-corrected chi connectivity index (χ4v) is 2.26. The summed E-state index contributed by atoms with van der Waals surface area (Å²) in [5, 5.41) is 2.94. The molecule has 0 radical (unpaired) electrons. The van der Waals surface area contributed by atoms with E-state index < -0.39 is 0 Å². The summed E-state index contributed by atoms with van der Waals surface area (Å²) in [6.45, 7) is 2.49. The first kappa shape index (κ1) is 15.1. The maximum atomic E-state index is 12.5. The monoisotopic (exact) mass is 284 g/mol. The molecule has 0 aliphatic rings. The molecular formula is C17H20N2O2. The second kappa shape index (κ2) is 6.90. The number of hydrogen-bond acceptors (Lipinski definition) is 3. The van der Waals surface area contributed by atoms with Crippen molar-refractivity contribution in [2.45, 2.75) is 13.3 Å². The number of anilines is 2. The predicted octanol–water partition coefficient (Wildman–Crippen LogP) is 3.02.